The monoisotopic (exact) mass is 361 g/mol. The van der Waals surface area contributed by atoms with E-state index in [2.05, 4.69) is 10.6 Å². The Morgan fingerprint density at radius 2 is 1.84 bits per heavy atom. The summed E-state index contributed by atoms with van der Waals surface area (Å²) in [5.41, 5.74) is -1.12. The van der Waals surface area contributed by atoms with Crippen molar-refractivity contribution in [3.8, 4) is 0 Å². The number of hydrogen-bond acceptors (Lipinski definition) is 3. The summed E-state index contributed by atoms with van der Waals surface area (Å²) in [5, 5.41) is 5.36. The predicted octanol–water partition coefficient (Wildman–Crippen LogP) is 2.06. The van der Waals surface area contributed by atoms with E-state index < -0.39 is 35.9 Å². The molecule has 2 N–H and O–H groups in total. The van der Waals surface area contributed by atoms with Gasteiger partial charge in [0.1, 0.15) is 11.9 Å². The molecule has 1 aliphatic heterocycles. The van der Waals surface area contributed by atoms with Crippen LogP contribution in [0.15, 0.2) is 24.3 Å². The second kappa shape index (κ2) is 7.70. The van der Waals surface area contributed by atoms with Crippen molar-refractivity contribution < 1.29 is 22.4 Å². The van der Waals surface area contributed by atoms with Crippen LogP contribution in [0.4, 0.5) is 17.6 Å². The zero-order valence-electron chi connectivity index (χ0n) is 14.3. The molecule has 1 heterocycles. The SMILES string of the molecule is CC(C)(C(=O)NCC(N1CCNCC1)C(F)(F)F)c1ccccc1F. The Morgan fingerprint density at radius 1 is 1.24 bits per heavy atom. The van der Waals surface area contributed by atoms with Crippen LogP contribution in [0.25, 0.3) is 0 Å². The van der Waals surface area contributed by atoms with Gasteiger partial charge < -0.3 is 10.6 Å². The summed E-state index contributed by atoms with van der Waals surface area (Å²) in [6.07, 6.45) is -4.45. The van der Waals surface area contributed by atoms with Crippen molar-refractivity contribution in [2.45, 2.75) is 31.5 Å². The molecule has 0 aliphatic carbocycles. The number of halogens is 4. The quantitative estimate of drug-likeness (QED) is 0.789. The zero-order chi connectivity index (χ0) is 18.7. The van der Waals surface area contributed by atoms with Gasteiger partial charge in [0.05, 0.1) is 5.41 Å². The third kappa shape index (κ3) is 4.70. The Morgan fingerprint density at radius 3 is 2.40 bits per heavy atom. The van der Waals surface area contributed by atoms with Crippen molar-refractivity contribution in [2.24, 2.45) is 0 Å². The first kappa shape index (κ1) is 19.7. The minimum Gasteiger partial charge on any atom is -0.353 e. The van der Waals surface area contributed by atoms with E-state index >= 15 is 0 Å². The van der Waals surface area contributed by atoms with Gasteiger partial charge in [-0.25, -0.2) is 4.39 Å². The van der Waals surface area contributed by atoms with Crippen LogP contribution in [-0.2, 0) is 10.2 Å². The largest absolute Gasteiger partial charge is 0.405 e. The maximum atomic E-state index is 13.9. The Balaban J connectivity index is 2.08. The zero-order valence-corrected chi connectivity index (χ0v) is 14.3. The van der Waals surface area contributed by atoms with Crippen LogP contribution in [0.3, 0.4) is 0 Å². The first-order valence-corrected chi connectivity index (χ1v) is 8.19. The van der Waals surface area contributed by atoms with E-state index in [0.29, 0.717) is 13.1 Å². The molecule has 1 saturated heterocycles. The van der Waals surface area contributed by atoms with E-state index in [4.69, 9.17) is 0 Å². The van der Waals surface area contributed by atoms with Crippen molar-refractivity contribution in [1.29, 1.82) is 0 Å². The third-order valence-electron chi connectivity index (χ3n) is 4.54. The summed E-state index contributed by atoms with van der Waals surface area (Å²) in [4.78, 5) is 13.8. The maximum Gasteiger partial charge on any atom is 0.405 e. The molecule has 1 unspecified atom stereocenters. The number of amides is 1. The summed E-state index contributed by atoms with van der Waals surface area (Å²) in [6, 6.07) is 4.02. The van der Waals surface area contributed by atoms with E-state index in [1.165, 1.54) is 36.9 Å². The number of hydrogen-bond donors (Lipinski definition) is 2. The van der Waals surface area contributed by atoms with Crippen molar-refractivity contribution >= 4 is 5.91 Å². The fraction of sp³-hybridized carbons (Fsp3) is 0.588. The van der Waals surface area contributed by atoms with Crippen LogP contribution in [-0.4, -0.2) is 55.7 Å². The molecular weight excluding hydrogens is 338 g/mol. The van der Waals surface area contributed by atoms with Crippen LogP contribution >= 0.6 is 0 Å². The lowest BCUT2D eigenvalue weighted by atomic mass is 9.83. The molecule has 1 aromatic carbocycles. The number of carbonyl (C=O) groups is 1. The fourth-order valence-corrected chi connectivity index (χ4v) is 2.95. The topological polar surface area (TPSA) is 44.4 Å². The van der Waals surface area contributed by atoms with E-state index in [-0.39, 0.29) is 18.7 Å². The molecule has 1 aliphatic rings. The molecule has 2 rings (SSSR count). The summed E-state index contributed by atoms with van der Waals surface area (Å²) in [6.45, 7) is 3.90. The lowest BCUT2D eigenvalue weighted by Crippen LogP contribution is -2.58. The highest BCUT2D eigenvalue weighted by Crippen LogP contribution is 2.27. The summed E-state index contributed by atoms with van der Waals surface area (Å²) in [7, 11) is 0. The molecule has 1 aromatic rings. The number of rotatable bonds is 5. The van der Waals surface area contributed by atoms with Crippen molar-refractivity contribution in [3.63, 3.8) is 0 Å². The maximum absolute atomic E-state index is 13.9. The van der Waals surface area contributed by atoms with Crippen LogP contribution in [0, 0.1) is 5.82 Å². The number of carbonyl (C=O) groups excluding carboxylic acids is 1. The predicted molar refractivity (Wildman–Crippen MR) is 86.7 cm³/mol. The van der Waals surface area contributed by atoms with E-state index in [1.807, 2.05) is 0 Å². The molecule has 0 aromatic heterocycles. The van der Waals surface area contributed by atoms with Crippen LogP contribution < -0.4 is 10.6 Å². The summed E-state index contributed by atoms with van der Waals surface area (Å²) < 4.78 is 54.0. The Kier molecular flexibility index (Phi) is 6.05. The van der Waals surface area contributed by atoms with Crippen molar-refractivity contribution in [1.82, 2.24) is 15.5 Å². The van der Waals surface area contributed by atoms with E-state index in [0.717, 1.165) is 0 Å². The lowest BCUT2D eigenvalue weighted by Gasteiger charge is -2.36. The molecule has 25 heavy (non-hydrogen) atoms. The van der Waals surface area contributed by atoms with Gasteiger partial charge in [-0.3, -0.25) is 9.69 Å². The molecule has 1 fully saturated rings. The van der Waals surface area contributed by atoms with Crippen LogP contribution in [0.2, 0.25) is 0 Å². The third-order valence-corrected chi connectivity index (χ3v) is 4.54. The number of piperazine rings is 1. The minimum atomic E-state index is -4.45. The van der Waals surface area contributed by atoms with Gasteiger partial charge in [-0.15, -0.1) is 0 Å². The number of benzene rings is 1. The van der Waals surface area contributed by atoms with E-state index in [1.54, 1.807) is 6.07 Å². The van der Waals surface area contributed by atoms with Gasteiger partial charge in [0.15, 0.2) is 0 Å². The molecule has 140 valence electrons. The first-order valence-electron chi connectivity index (χ1n) is 8.19. The summed E-state index contributed by atoms with van der Waals surface area (Å²) >= 11 is 0. The lowest BCUT2D eigenvalue weighted by molar-refractivity contribution is -0.184. The van der Waals surface area contributed by atoms with Crippen molar-refractivity contribution in [2.75, 3.05) is 32.7 Å². The molecular formula is C17H23F4N3O. The van der Waals surface area contributed by atoms with Gasteiger partial charge in [-0.05, 0) is 19.9 Å². The number of nitrogens with one attached hydrogen (secondary N) is 2. The molecule has 4 nitrogen and oxygen atoms in total. The van der Waals surface area contributed by atoms with Crippen LogP contribution in [0.1, 0.15) is 19.4 Å². The van der Waals surface area contributed by atoms with Gasteiger partial charge >= 0.3 is 6.18 Å². The highest BCUT2D eigenvalue weighted by molar-refractivity contribution is 5.87. The van der Waals surface area contributed by atoms with Crippen molar-refractivity contribution in [3.05, 3.63) is 35.6 Å². The van der Waals surface area contributed by atoms with Gasteiger partial charge in [-0.1, -0.05) is 18.2 Å². The van der Waals surface area contributed by atoms with Gasteiger partial charge in [0.2, 0.25) is 5.91 Å². The molecule has 0 spiro atoms. The molecule has 8 heteroatoms. The Hall–Kier alpha value is -1.67. The van der Waals surface area contributed by atoms with Crippen LogP contribution in [0.5, 0.6) is 0 Å². The highest BCUT2D eigenvalue weighted by Gasteiger charge is 2.44. The Labute approximate surface area is 144 Å². The molecule has 0 radical (unpaired) electrons. The molecule has 1 amide bonds. The van der Waals surface area contributed by atoms with Gasteiger partial charge in [-0.2, -0.15) is 13.2 Å². The minimum absolute atomic E-state index is 0.151. The first-order chi connectivity index (χ1) is 11.6. The fourth-order valence-electron chi connectivity index (χ4n) is 2.95. The normalized spacial score (nSPS) is 18.0. The molecule has 0 saturated carbocycles. The summed E-state index contributed by atoms with van der Waals surface area (Å²) in [5.74, 6) is -1.20. The second-order valence-corrected chi connectivity index (χ2v) is 6.66. The second-order valence-electron chi connectivity index (χ2n) is 6.66. The Bertz CT molecular complexity index is 598. The standard InChI is InChI=1S/C17H23F4N3O/c1-16(2,12-5-3-4-6-13(12)18)15(25)23-11-14(17(19,20)21)24-9-7-22-8-10-24/h3-6,14,22H,7-11H2,1-2H3,(H,23,25). The molecule has 0 bridgehead atoms. The van der Waals surface area contributed by atoms with Gasteiger partial charge in [0.25, 0.3) is 0 Å². The molecule has 1 atom stereocenters. The van der Waals surface area contributed by atoms with E-state index in [9.17, 15) is 22.4 Å². The average Bonchev–Trinajstić information content (AvgIpc) is 2.54. The average molecular weight is 361 g/mol. The number of nitrogens with zero attached hydrogens (tertiary/aromatic N) is 1. The highest BCUT2D eigenvalue weighted by atomic mass is 19.4. The smallest absolute Gasteiger partial charge is 0.353 e. The van der Waals surface area contributed by atoms with Gasteiger partial charge in [0, 0.05) is 38.3 Å². The number of alkyl halides is 3.